The molecule has 0 radical (unpaired) electrons. The third-order valence-corrected chi connectivity index (χ3v) is 3.01. The van der Waals surface area contributed by atoms with Gasteiger partial charge in [-0.1, -0.05) is 18.2 Å². The molecule has 110 valence electrons. The number of hydrogen-bond acceptors (Lipinski definition) is 4. The number of ether oxygens (including phenoxy) is 2. The van der Waals surface area contributed by atoms with Crippen LogP contribution in [0.1, 0.15) is 15.9 Å². The summed E-state index contributed by atoms with van der Waals surface area (Å²) in [5, 5.41) is 12.6. The number of amides is 1. The number of carbonyl (C=O) groups excluding carboxylic acids is 1. The Bertz CT molecular complexity index is 640. The molecule has 2 N–H and O–H groups in total. The number of aromatic hydroxyl groups is 1. The predicted molar refractivity (Wildman–Crippen MR) is 79.8 cm³/mol. The summed E-state index contributed by atoms with van der Waals surface area (Å²) in [6, 6.07) is 11.8. The van der Waals surface area contributed by atoms with Crippen molar-refractivity contribution in [3.8, 4) is 11.5 Å². The van der Waals surface area contributed by atoms with Crippen molar-refractivity contribution in [1.82, 2.24) is 0 Å². The zero-order chi connectivity index (χ0) is 15.2. The molecule has 0 unspecified atom stereocenters. The van der Waals surface area contributed by atoms with Gasteiger partial charge in [-0.3, -0.25) is 4.79 Å². The lowest BCUT2D eigenvalue weighted by Crippen LogP contribution is -2.13. The first-order chi connectivity index (χ1) is 10.2. The number of nitrogens with one attached hydrogen (secondary N) is 1. The highest BCUT2D eigenvalue weighted by atomic mass is 16.5. The molecule has 2 rings (SSSR count). The Kier molecular flexibility index (Phi) is 4.79. The van der Waals surface area contributed by atoms with Gasteiger partial charge in [-0.15, -0.1) is 0 Å². The molecule has 0 saturated heterocycles. The molecular formula is C16H17NO4. The molecule has 0 aromatic heterocycles. The number of phenols is 1. The molecule has 2 aromatic rings. The number of para-hydroxylation sites is 1. The fourth-order valence-electron chi connectivity index (χ4n) is 1.94. The normalized spacial score (nSPS) is 10.2. The van der Waals surface area contributed by atoms with E-state index < -0.39 is 5.91 Å². The molecule has 2 aromatic carbocycles. The SMILES string of the molecule is COCc1ccccc1NC(=O)c1cc(OC)ccc1O. The second-order valence-electron chi connectivity index (χ2n) is 4.43. The van der Waals surface area contributed by atoms with Crippen molar-refractivity contribution in [3.63, 3.8) is 0 Å². The van der Waals surface area contributed by atoms with Gasteiger partial charge in [0.15, 0.2) is 0 Å². The number of hydrogen-bond donors (Lipinski definition) is 2. The van der Waals surface area contributed by atoms with Crippen molar-refractivity contribution in [1.29, 1.82) is 0 Å². The van der Waals surface area contributed by atoms with Crippen molar-refractivity contribution in [2.75, 3.05) is 19.5 Å². The van der Waals surface area contributed by atoms with Gasteiger partial charge in [0.2, 0.25) is 0 Å². The minimum atomic E-state index is -0.407. The molecule has 0 aliphatic heterocycles. The molecule has 0 bridgehead atoms. The average Bonchev–Trinajstić information content (AvgIpc) is 2.50. The van der Waals surface area contributed by atoms with E-state index in [2.05, 4.69) is 5.32 Å². The van der Waals surface area contributed by atoms with E-state index in [1.165, 1.54) is 19.2 Å². The number of carbonyl (C=O) groups is 1. The molecule has 0 spiro atoms. The number of phenolic OH excluding ortho intramolecular Hbond substituents is 1. The van der Waals surface area contributed by atoms with Gasteiger partial charge >= 0.3 is 0 Å². The number of rotatable bonds is 5. The Morgan fingerprint density at radius 2 is 1.95 bits per heavy atom. The van der Waals surface area contributed by atoms with Crippen molar-refractivity contribution < 1.29 is 19.4 Å². The summed E-state index contributed by atoms with van der Waals surface area (Å²) in [4.78, 5) is 12.3. The molecule has 21 heavy (non-hydrogen) atoms. The zero-order valence-electron chi connectivity index (χ0n) is 11.9. The van der Waals surface area contributed by atoms with Crippen molar-refractivity contribution in [2.24, 2.45) is 0 Å². The number of benzene rings is 2. The van der Waals surface area contributed by atoms with Crippen LogP contribution in [0, 0.1) is 0 Å². The Hall–Kier alpha value is -2.53. The largest absolute Gasteiger partial charge is 0.507 e. The summed E-state index contributed by atoms with van der Waals surface area (Å²) in [7, 11) is 3.09. The average molecular weight is 287 g/mol. The Balaban J connectivity index is 2.26. The Labute approximate surface area is 123 Å². The maximum Gasteiger partial charge on any atom is 0.259 e. The van der Waals surface area contributed by atoms with E-state index in [9.17, 15) is 9.90 Å². The van der Waals surface area contributed by atoms with Gasteiger partial charge in [-0.25, -0.2) is 0 Å². The van der Waals surface area contributed by atoms with Crippen molar-refractivity contribution in [3.05, 3.63) is 53.6 Å². The molecule has 0 aliphatic carbocycles. The van der Waals surface area contributed by atoms with Gasteiger partial charge in [0, 0.05) is 18.4 Å². The van der Waals surface area contributed by atoms with Crippen LogP contribution in [-0.4, -0.2) is 25.2 Å². The molecule has 5 nitrogen and oxygen atoms in total. The van der Waals surface area contributed by atoms with Crippen molar-refractivity contribution >= 4 is 11.6 Å². The lowest BCUT2D eigenvalue weighted by Gasteiger charge is -2.12. The van der Waals surface area contributed by atoms with E-state index in [0.29, 0.717) is 18.0 Å². The molecule has 5 heteroatoms. The smallest absolute Gasteiger partial charge is 0.259 e. The standard InChI is InChI=1S/C16H17NO4/c1-20-10-11-5-3-4-6-14(11)17-16(19)13-9-12(21-2)7-8-15(13)18/h3-9,18H,10H2,1-2H3,(H,17,19). The first-order valence-corrected chi connectivity index (χ1v) is 6.41. The van der Waals surface area contributed by atoms with E-state index >= 15 is 0 Å². The summed E-state index contributed by atoms with van der Waals surface area (Å²) in [5.41, 5.74) is 1.66. The monoisotopic (exact) mass is 287 g/mol. The summed E-state index contributed by atoms with van der Waals surface area (Å²) in [6.07, 6.45) is 0. The quantitative estimate of drug-likeness (QED) is 0.887. The first-order valence-electron chi connectivity index (χ1n) is 6.41. The lowest BCUT2D eigenvalue weighted by atomic mass is 10.1. The fourth-order valence-corrected chi connectivity index (χ4v) is 1.94. The topological polar surface area (TPSA) is 67.8 Å². The van der Waals surface area contributed by atoms with Crippen LogP contribution >= 0.6 is 0 Å². The van der Waals surface area contributed by atoms with Crippen LogP contribution in [0.4, 0.5) is 5.69 Å². The van der Waals surface area contributed by atoms with Gasteiger partial charge < -0.3 is 19.9 Å². The van der Waals surface area contributed by atoms with Gasteiger partial charge in [0.25, 0.3) is 5.91 Å². The fraction of sp³-hybridized carbons (Fsp3) is 0.188. The van der Waals surface area contributed by atoms with Crippen LogP contribution in [0.25, 0.3) is 0 Å². The van der Waals surface area contributed by atoms with E-state index in [-0.39, 0.29) is 11.3 Å². The summed E-state index contributed by atoms with van der Waals surface area (Å²) >= 11 is 0. The molecular weight excluding hydrogens is 270 g/mol. The van der Waals surface area contributed by atoms with Crippen LogP contribution in [0.2, 0.25) is 0 Å². The van der Waals surface area contributed by atoms with Gasteiger partial charge in [-0.2, -0.15) is 0 Å². The number of anilines is 1. The lowest BCUT2D eigenvalue weighted by molar-refractivity contribution is 0.102. The third-order valence-electron chi connectivity index (χ3n) is 3.01. The van der Waals surface area contributed by atoms with E-state index in [1.54, 1.807) is 19.2 Å². The zero-order valence-corrected chi connectivity index (χ0v) is 11.9. The maximum absolute atomic E-state index is 12.3. The van der Waals surface area contributed by atoms with Crippen LogP contribution in [-0.2, 0) is 11.3 Å². The van der Waals surface area contributed by atoms with Crippen LogP contribution in [0.5, 0.6) is 11.5 Å². The third kappa shape index (κ3) is 3.52. The molecule has 0 heterocycles. The molecule has 0 saturated carbocycles. The molecule has 1 amide bonds. The second kappa shape index (κ2) is 6.76. The van der Waals surface area contributed by atoms with E-state index in [1.807, 2.05) is 18.2 Å². The number of methoxy groups -OCH3 is 2. The Morgan fingerprint density at radius 1 is 1.19 bits per heavy atom. The van der Waals surface area contributed by atoms with Crippen LogP contribution < -0.4 is 10.1 Å². The molecule has 0 aliphatic rings. The van der Waals surface area contributed by atoms with Gasteiger partial charge in [0.05, 0.1) is 19.3 Å². The van der Waals surface area contributed by atoms with Gasteiger partial charge in [0.1, 0.15) is 11.5 Å². The highest BCUT2D eigenvalue weighted by molar-refractivity contribution is 6.06. The van der Waals surface area contributed by atoms with E-state index in [0.717, 1.165) is 5.56 Å². The summed E-state index contributed by atoms with van der Waals surface area (Å²) in [6.45, 7) is 0.389. The molecule has 0 fully saturated rings. The Morgan fingerprint density at radius 3 is 2.67 bits per heavy atom. The van der Waals surface area contributed by atoms with Crippen LogP contribution in [0.3, 0.4) is 0 Å². The van der Waals surface area contributed by atoms with Gasteiger partial charge in [-0.05, 0) is 24.3 Å². The first kappa shape index (κ1) is 14.9. The predicted octanol–water partition coefficient (Wildman–Crippen LogP) is 2.80. The highest BCUT2D eigenvalue weighted by Crippen LogP contribution is 2.24. The van der Waals surface area contributed by atoms with Crippen molar-refractivity contribution in [2.45, 2.75) is 6.61 Å². The highest BCUT2D eigenvalue weighted by Gasteiger charge is 2.14. The second-order valence-corrected chi connectivity index (χ2v) is 4.43. The van der Waals surface area contributed by atoms with E-state index in [4.69, 9.17) is 9.47 Å². The van der Waals surface area contributed by atoms with Crippen LogP contribution in [0.15, 0.2) is 42.5 Å². The summed E-state index contributed by atoms with van der Waals surface area (Å²) in [5.74, 6) is -0.00407. The maximum atomic E-state index is 12.3. The minimum Gasteiger partial charge on any atom is -0.507 e. The minimum absolute atomic E-state index is 0.0995. The summed E-state index contributed by atoms with van der Waals surface area (Å²) < 4.78 is 10.2. The molecule has 0 atom stereocenters.